The number of ether oxygens (including phenoxy) is 2. The Bertz CT molecular complexity index is 1010. The van der Waals surface area contributed by atoms with Crippen LogP contribution in [-0.4, -0.2) is 83.9 Å². The summed E-state index contributed by atoms with van der Waals surface area (Å²) < 4.78 is 342. The fraction of sp³-hybridized carbons (Fsp3) is 0.857. The average Bonchev–Trinajstić information content (AvgIpc) is 2.75. The van der Waals surface area contributed by atoms with Crippen molar-refractivity contribution in [1.29, 1.82) is 0 Å². The van der Waals surface area contributed by atoms with Crippen molar-refractivity contribution in [3.05, 3.63) is 0 Å². The second-order valence-corrected chi connectivity index (χ2v) is 7.40. The van der Waals surface area contributed by atoms with E-state index in [2.05, 4.69) is 0 Å². The van der Waals surface area contributed by atoms with Crippen LogP contribution >= 0.6 is 0 Å². The highest BCUT2D eigenvalue weighted by Crippen LogP contribution is 2.66. The Morgan fingerprint density at radius 2 is 0.409 bits per heavy atom. The van der Waals surface area contributed by atoms with Gasteiger partial charge >= 0.3 is 83.9 Å². The van der Waals surface area contributed by atoms with Gasteiger partial charge in [-0.05, 0) is 0 Å². The Balaban J connectivity index is 7.14. The molecule has 0 amide bonds. The topological polar surface area (TPSA) is 52.6 Å². The summed E-state index contributed by atoms with van der Waals surface area (Å²) in [5.41, 5.74) is 0. The predicted octanol–water partition coefficient (Wildman–Crippen LogP) is 7.47. The molecule has 0 spiro atoms. The normalized spacial score (nSPS) is 16.1. The quantitative estimate of drug-likeness (QED) is 0.164. The summed E-state index contributed by atoms with van der Waals surface area (Å²) in [5.74, 6) is -84.5. The maximum Gasteiger partial charge on any atom is 0.491 e. The van der Waals surface area contributed by atoms with Crippen molar-refractivity contribution in [3.8, 4) is 0 Å². The third-order valence-electron chi connectivity index (χ3n) is 4.40. The summed E-state index contributed by atoms with van der Waals surface area (Å²) in [5, 5.41) is 0. The zero-order valence-corrected chi connectivity index (χ0v) is 18.5. The minimum Gasteiger partial charge on any atom is -0.389 e. The van der Waals surface area contributed by atoms with Gasteiger partial charge in [-0.2, -0.15) is 114 Å². The molecular weight excluding hydrogens is 726 g/mol. The molecule has 0 saturated heterocycles. The third-order valence-corrected chi connectivity index (χ3v) is 4.40. The number of carbonyl (C=O) groups excluding carboxylic acids is 2. The van der Waals surface area contributed by atoms with Gasteiger partial charge in [-0.15, -0.1) is 0 Å². The second-order valence-electron chi connectivity index (χ2n) is 7.40. The Morgan fingerprint density at radius 1 is 0.273 bits per heavy atom. The molecule has 0 atom stereocenters. The maximum absolute atomic E-state index is 13.6. The molecule has 30 heteroatoms. The molecule has 0 aliphatic rings. The Labute approximate surface area is 218 Å². The van der Waals surface area contributed by atoms with E-state index in [1.54, 1.807) is 0 Å². The molecule has 44 heavy (non-hydrogen) atoms. The Hall–Kier alpha value is -2.88. The molecule has 0 aromatic carbocycles. The van der Waals surface area contributed by atoms with Crippen molar-refractivity contribution in [2.24, 2.45) is 0 Å². The summed E-state index contributed by atoms with van der Waals surface area (Å²) in [7, 11) is 0. The van der Waals surface area contributed by atoms with Crippen LogP contribution in [-0.2, 0) is 19.1 Å². The molecule has 0 aliphatic heterocycles. The fourth-order valence-corrected chi connectivity index (χ4v) is 2.03. The van der Waals surface area contributed by atoms with Crippen LogP contribution in [0, 0.1) is 0 Å². The standard InChI is InChI=1S/C14F26O4/c15-3(16,17)1(41)43-13(37,38)11(33,34)9(29,30)7(25,26)5(21,22)6(23,24)8(27,28)10(31,32)12(35,36)14(39,40)44-2(42)4(18,19)20. The van der Waals surface area contributed by atoms with Crippen LogP contribution in [0.15, 0.2) is 0 Å². The largest absolute Gasteiger partial charge is 0.491 e. The molecule has 0 N–H and O–H groups in total. The molecule has 0 bridgehead atoms. The number of esters is 2. The van der Waals surface area contributed by atoms with E-state index >= 15 is 0 Å². The van der Waals surface area contributed by atoms with Gasteiger partial charge in [0.25, 0.3) is 0 Å². The summed E-state index contributed by atoms with van der Waals surface area (Å²) in [6, 6.07) is 0. The highest BCUT2D eigenvalue weighted by atomic mass is 19.4. The summed E-state index contributed by atoms with van der Waals surface area (Å²) >= 11 is 0. The molecule has 0 aromatic heterocycles. The zero-order valence-electron chi connectivity index (χ0n) is 18.5. The molecule has 0 unspecified atom stereocenters. The maximum atomic E-state index is 13.6. The number of hydrogen-bond acceptors (Lipinski definition) is 4. The van der Waals surface area contributed by atoms with E-state index < -0.39 is 83.9 Å². The highest BCUT2D eigenvalue weighted by molar-refractivity contribution is 5.76. The van der Waals surface area contributed by atoms with E-state index in [1.807, 2.05) is 0 Å². The zero-order chi connectivity index (χ0) is 36.6. The second kappa shape index (κ2) is 10.3. The van der Waals surface area contributed by atoms with E-state index in [-0.39, 0.29) is 0 Å². The molecule has 0 radical (unpaired) electrons. The average molecular weight is 726 g/mol. The SMILES string of the molecule is O=C(OC(F)(F)C(F)(F)C(F)(F)C(F)(F)C(F)(F)C(F)(F)C(F)(F)C(F)(F)C(F)(F)C(F)(F)OC(=O)C(F)(F)F)C(F)(F)F. The lowest BCUT2D eigenvalue weighted by Crippen LogP contribution is -2.77. The van der Waals surface area contributed by atoms with E-state index in [4.69, 9.17) is 0 Å². The predicted molar refractivity (Wildman–Crippen MR) is 73.8 cm³/mol. The molecule has 0 heterocycles. The fourth-order valence-electron chi connectivity index (χ4n) is 2.03. The molecular formula is C14F26O4. The van der Waals surface area contributed by atoms with E-state index in [0.29, 0.717) is 0 Å². The van der Waals surface area contributed by atoms with Crippen LogP contribution in [0.4, 0.5) is 114 Å². The van der Waals surface area contributed by atoms with Crippen molar-refractivity contribution < 1.29 is 133 Å². The first-order valence-electron chi connectivity index (χ1n) is 8.89. The molecule has 262 valence electrons. The van der Waals surface area contributed by atoms with Crippen LogP contribution in [0.25, 0.3) is 0 Å². The third kappa shape index (κ3) is 5.67. The Kier molecular flexibility index (Phi) is 9.65. The van der Waals surface area contributed by atoms with E-state index in [0.717, 1.165) is 0 Å². The number of halogens is 26. The molecule has 0 rings (SSSR count). The van der Waals surface area contributed by atoms with Gasteiger partial charge < -0.3 is 9.47 Å². The van der Waals surface area contributed by atoms with Crippen molar-refractivity contribution in [2.45, 2.75) is 72.0 Å². The molecule has 0 aromatic rings. The van der Waals surface area contributed by atoms with Gasteiger partial charge in [-0.3, -0.25) is 0 Å². The van der Waals surface area contributed by atoms with Crippen LogP contribution in [0.1, 0.15) is 0 Å². The number of alkyl halides is 26. The van der Waals surface area contributed by atoms with E-state index in [9.17, 15) is 124 Å². The smallest absolute Gasteiger partial charge is 0.389 e. The Morgan fingerprint density at radius 3 is 0.545 bits per heavy atom. The van der Waals surface area contributed by atoms with Gasteiger partial charge in [0.1, 0.15) is 0 Å². The highest BCUT2D eigenvalue weighted by Gasteiger charge is 2.98. The van der Waals surface area contributed by atoms with Gasteiger partial charge in [0.2, 0.25) is 0 Å². The summed E-state index contributed by atoms with van der Waals surface area (Å²) in [6.45, 7) is 0. The van der Waals surface area contributed by atoms with Gasteiger partial charge in [-0.1, -0.05) is 0 Å². The minimum atomic E-state index is -9.65. The van der Waals surface area contributed by atoms with Crippen molar-refractivity contribution in [1.82, 2.24) is 0 Å². The van der Waals surface area contributed by atoms with Crippen LogP contribution in [0.2, 0.25) is 0 Å². The van der Waals surface area contributed by atoms with Gasteiger partial charge in [0.05, 0.1) is 0 Å². The van der Waals surface area contributed by atoms with Crippen LogP contribution in [0.3, 0.4) is 0 Å². The minimum absolute atomic E-state index is 1.34. The van der Waals surface area contributed by atoms with Gasteiger partial charge in [0.15, 0.2) is 0 Å². The number of carbonyl (C=O) groups is 2. The lowest BCUT2D eigenvalue weighted by atomic mass is 9.87. The molecule has 0 fully saturated rings. The number of rotatable bonds is 11. The van der Waals surface area contributed by atoms with Gasteiger partial charge in [0, 0.05) is 0 Å². The van der Waals surface area contributed by atoms with Crippen LogP contribution < -0.4 is 0 Å². The first-order chi connectivity index (χ1) is 18.5. The summed E-state index contributed by atoms with van der Waals surface area (Å²) in [6.07, 6.45) is -30.4. The van der Waals surface area contributed by atoms with Crippen molar-refractivity contribution in [3.63, 3.8) is 0 Å². The van der Waals surface area contributed by atoms with E-state index in [1.165, 1.54) is 9.47 Å². The monoisotopic (exact) mass is 726 g/mol. The van der Waals surface area contributed by atoms with Crippen LogP contribution in [0.5, 0.6) is 0 Å². The first kappa shape index (κ1) is 41.1. The van der Waals surface area contributed by atoms with Crippen molar-refractivity contribution in [2.75, 3.05) is 0 Å². The van der Waals surface area contributed by atoms with Crippen molar-refractivity contribution >= 4 is 11.9 Å². The molecule has 0 saturated carbocycles. The summed E-state index contributed by atoms with van der Waals surface area (Å²) in [4.78, 5) is 20.3. The molecule has 0 aliphatic carbocycles. The lowest BCUT2D eigenvalue weighted by molar-refractivity contribution is -0.486. The first-order valence-corrected chi connectivity index (χ1v) is 8.89. The lowest BCUT2D eigenvalue weighted by Gasteiger charge is -2.44. The number of hydrogen-bond donors (Lipinski definition) is 0. The molecule has 4 nitrogen and oxygen atoms in total. The van der Waals surface area contributed by atoms with Gasteiger partial charge in [-0.25, -0.2) is 9.59 Å².